The fourth-order valence-corrected chi connectivity index (χ4v) is 3.74. The Bertz CT molecular complexity index is 778. The Hall–Kier alpha value is -2.11. The smallest absolute Gasteiger partial charge is 0.144 e. The molecule has 1 N–H and O–H groups in total. The molecular weight excluding hydrogens is 324 g/mol. The molecule has 5 heteroatoms. The summed E-state index contributed by atoms with van der Waals surface area (Å²) in [6.07, 6.45) is 5.72. The molecule has 0 spiro atoms. The SMILES string of the molecule is C=CCN1CCc2c(c(CNCC3CC3)nn2-c2ccccc2OC)C1. The molecular formula is C21H28N4O. The fraction of sp³-hybridized carbons (Fsp3) is 0.476. The maximum Gasteiger partial charge on any atom is 0.144 e. The number of rotatable bonds is 8. The fourth-order valence-electron chi connectivity index (χ4n) is 3.74. The van der Waals surface area contributed by atoms with Crippen molar-refractivity contribution in [2.24, 2.45) is 5.92 Å². The third-order valence-electron chi connectivity index (χ3n) is 5.34. The van der Waals surface area contributed by atoms with Gasteiger partial charge < -0.3 is 10.1 Å². The molecule has 0 amide bonds. The molecule has 138 valence electrons. The van der Waals surface area contributed by atoms with Crippen molar-refractivity contribution in [3.8, 4) is 11.4 Å². The lowest BCUT2D eigenvalue weighted by atomic mass is 10.0. The molecule has 2 aliphatic rings. The topological polar surface area (TPSA) is 42.3 Å². The van der Waals surface area contributed by atoms with Crippen molar-refractivity contribution in [3.05, 3.63) is 53.9 Å². The van der Waals surface area contributed by atoms with Crippen molar-refractivity contribution in [3.63, 3.8) is 0 Å². The number of nitrogens with one attached hydrogen (secondary N) is 1. The molecule has 0 atom stereocenters. The van der Waals surface area contributed by atoms with Crippen molar-refractivity contribution in [2.45, 2.75) is 32.4 Å². The van der Waals surface area contributed by atoms with Gasteiger partial charge in [-0.05, 0) is 37.4 Å². The lowest BCUT2D eigenvalue weighted by Gasteiger charge is -2.26. The second kappa shape index (κ2) is 7.64. The summed E-state index contributed by atoms with van der Waals surface area (Å²) in [4.78, 5) is 2.44. The van der Waals surface area contributed by atoms with Crippen LogP contribution in [0.25, 0.3) is 5.69 Å². The predicted molar refractivity (Wildman–Crippen MR) is 104 cm³/mol. The van der Waals surface area contributed by atoms with Gasteiger partial charge in [0.25, 0.3) is 0 Å². The van der Waals surface area contributed by atoms with Crippen LogP contribution < -0.4 is 10.1 Å². The number of fused-ring (bicyclic) bond motifs is 1. The zero-order valence-corrected chi connectivity index (χ0v) is 15.6. The summed E-state index contributed by atoms with van der Waals surface area (Å²) in [6.45, 7) is 8.74. The minimum Gasteiger partial charge on any atom is -0.494 e. The molecule has 0 unspecified atom stereocenters. The van der Waals surface area contributed by atoms with E-state index in [1.54, 1.807) is 7.11 Å². The van der Waals surface area contributed by atoms with Gasteiger partial charge in [-0.3, -0.25) is 4.90 Å². The van der Waals surface area contributed by atoms with Gasteiger partial charge in [-0.15, -0.1) is 6.58 Å². The van der Waals surface area contributed by atoms with E-state index in [1.165, 1.54) is 29.8 Å². The van der Waals surface area contributed by atoms with E-state index in [0.717, 1.165) is 56.5 Å². The zero-order valence-electron chi connectivity index (χ0n) is 15.6. The largest absolute Gasteiger partial charge is 0.494 e. The van der Waals surface area contributed by atoms with E-state index in [-0.39, 0.29) is 0 Å². The molecule has 1 saturated carbocycles. The van der Waals surface area contributed by atoms with Crippen molar-refractivity contribution in [2.75, 3.05) is 26.7 Å². The molecule has 1 aliphatic carbocycles. The van der Waals surface area contributed by atoms with Crippen LogP contribution in [0.3, 0.4) is 0 Å². The number of benzene rings is 1. The van der Waals surface area contributed by atoms with Crippen molar-refractivity contribution < 1.29 is 4.74 Å². The molecule has 1 aromatic heterocycles. The Morgan fingerprint density at radius 2 is 2.19 bits per heavy atom. The minimum absolute atomic E-state index is 0.836. The molecule has 1 aromatic carbocycles. The summed E-state index contributed by atoms with van der Waals surface area (Å²) in [7, 11) is 1.72. The Morgan fingerprint density at radius 3 is 2.96 bits per heavy atom. The van der Waals surface area contributed by atoms with Crippen molar-refractivity contribution in [1.82, 2.24) is 20.0 Å². The summed E-state index contributed by atoms with van der Waals surface area (Å²) in [5.74, 6) is 1.74. The number of ether oxygens (including phenoxy) is 1. The summed E-state index contributed by atoms with van der Waals surface area (Å²) in [5.41, 5.74) is 4.88. The third kappa shape index (κ3) is 3.55. The van der Waals surface area contributed by atoms with Gasteiger partial charge in [0, 0.05) is 38.2 Å². The van der Waals surface area contributed by atoms with Gasteiger partial charge >= 0.3 is 0 Å². The highest BCUT2D eigenvalue weighted by molar-refractivity contribution is 5.49. The van der Waals surface area contributed by atoms with Gasteiger partial charge in [0.05, 0.1) is 18.5 Å². The number of nitrogens with zero attached hydrogens (tertiary/aromatic N) is 3. The lowest BCUT2D eigenvalue weighted by Crippen LogP contribution is -2.31. The van der Waals surface area contributed by atoms with E-state index < -0.39 is 0 Å². The van der Waals surface area contributed by atoms with Crippen LogP contribution in [0.1, 0.15) is 29.8 Å². The van der Waals surface area contributed by atoms with Gasteiger partial charge in [0.2, 0.25) is 0 Å². The highest BCUT2D eigenvalue weighted by Gasteiger charge is 2.26. The van der Waals surface area contributed by atoms with Gasteiger partial charge in [-0.25, -0.2) is 4.68 Å². The highest BCUT2D eigenvalue weighted by atomic mass is 16.5. The maximum absolute atomic E-state index is 5.58. The van der Waals surface area contributed by atoms with E-state index in [9.17, 15) is 0 Å². The maximum atomic E-state index is 5.58. The minimum atomic E-state index is 0.836. The highest BCUT2D eigenvalue weighted by Crippen LogP contribution is 2.30. The van der Waals surface area contributed by atoms with Gasteiger partial charge in [0.15, 0.2) is 0 Å². The summed E-state index contributed by atoms with van der Waals surface area (Å²) in [5, 5.41) is 8.61. The van der Waals surface area contributed by atoms with Crippen LogP contribution >= 0.6 is 0 Å². The van der Waals surface area contributed by atoms with Crippen molar-refractivity contribution in [1.29, 1.82) is 0 Å². The molecule has 5 nitrogen and oxygen atoms in total. The first-order chi connectivity index (χ1) is 12.8. The molecule has 1 fully saturated rings. The molecule has 0 radical (unpaired) electrons. The molecule has 0 bridgehead atoms. The Labute approximate surface area is 155 Å². The van der Waals surface area contributed by atoms with Crippen LogP contribution in [-0.4, -0.2) is 41.4 Å². The predicted octanol–water partition coefficient (Wildman–Crippen LogP) is 2.92. The monoisotopic (exact) mass is 352 g/mol. The van der Waals surface area contributed by atoms with Gasteiger partial charge in [-0.1, -0.05) is 18.2 Å². The van der Waals surface area contributed by atoms with E-state index in [1.807, 2.05) is 24.3 Å². The summed E-state index contributed by atoms with van der Waals surface area (Å²) >= 11 is 0. The van der Waals surface area contributed by atoms with E-state index in [4.69, 9.17) is 9.84 Å². The van der Waals surface area contributed by atoms with E-state index in [2.05, 4.69) is 27.5 Å². The van der Waals surface area contributed by atoms with Crippen LogP contribution in [-0.2, 0) is 19.5 Å². The number of hydrogen-bond donors (Lipinski definition) is 1. The number of para-hydroxylation sites is 2. The molecule has 1 aliphatic heterocycles. The lowest BCUT2D eigenvalue weighted by molar-refractivity contribution is 0.278. The third-order valence-corrected chi connectivity index (χ3v) is 5.34. The van der Waals surface area contributed by atoms with Crippen LogP contribution in [0.5, 0.6) is 5.75 Å². The zero-order chi connectivity index (χ0) is 17.9. The Kier molecular flexibility index (Phi) is 5.09. The van der Waals surface area contributed by atoms with Gasteiger partial charge in [0.1, 0.15) is 11.4 Å². The molecule has 26 heavy (non-hydrogen) atoms. The van der Waals surface area contributed by atoms with Crippen molar-refractivity contribution >= 4 is 0 Å². The Balaban J connectivity index is 1.66. The average Bonchev–Trinajstić information content (AvgIpc) is 3.43. The molecule has 2 heterocycles. The first kappa shape index (κ1) is 17.3. The quantitative estimate of drug-likeness (QED) is 0.742. The molecule has 0 saturated heterocycles. The summed E-state index contributed by atoms with van der Waals surface area (Å²) in [6, 6.07) is 8.14. The second-order valence-corrected chi connectivity index (χ2v) is 7.30. The van der Waals surface area contributed by atoms with E-state index in [0.29, 0.717) is 0 Å². The van der Waals surface area contributed by atoms with Crippen LogP contribution in [0.4, 0.5) is 0 Å². The molecule has 2 aromatic rings. The number of aromatic nitrogens is 2. The van der Waals surface area contributed by atoms with Crippen LogP contribution in [0, 0.1) is 5.92 Å². The summed E-state index contributed by atoms with van der Waals surface area (Å²) < 4.78 is 7.69. The van der Waals surface area contributed by atoms with E-state index >= 15 is 0 Å². The standard InChI is InChI=1S/C21H28N4O/c1-3-11-24-12-10-19-17(15-24)18(14-22-13-16-8-9-16)23-25(19)20-6-4-5-7-21(20)26-2/h3-7,16,22H,1,8-15H2,2H3. The number of hydrogen-bond acceptors (Lipinski definition) is 4. The average molecular weight is 352 g/mol. The molecule has 4 rings (SSSR count). The van der Waals surface area contributed by atoms with Crippen LogP contribution in [0.15, 0.2) is 36.9 Å². The van der Waals surface area contributed by atoms with Crippen LogP contribution in [0.2, 0.25) is 0 Å². The first-order valence-corrected chi connectivity index (χ1v) is 9.57. The van der Waals surface area contributed by atoms with Gasteiger partial charge in [-0.2, -0.15) is 5.10 Å². The normalized spacial score (nSPS) is 17.1. The Morgan fingerprint density at radius 1 is 1.35 bits per heavy atom. The number of methoxy groups -OCH3 is 1. The second-order valence-electron chi connectivity index (χ2n) is 7.30. The first-order valence-electron chi connectivity index (χ1n) is 9.57.